The average Bonchev–Trinajstić information content (AvgIpc) is 2.75. The van der Waals surface area contributed by atoms with Crippen molar-refractivity contribution < 1.29 is 9.53 Å². The molecule has 4 rings (SSSR count). The summed E-state index contributed by atoms with van der Waals surface area (Å²) < 4.78 is 5.84. The predicted molar refractivity (Wildman–Crippen MR) is 116 cm³/mol. The van der Waals surface area contributed by atoms with Gasteiger partial charge in [0.15, 0.2) is 0 Å². The number of aryl methyl sites for hydroxylation is 1. The Bertz CT molecular complexity index is 1180. The first kappa shape index (κ1) is 19.1. The van der Waals surface area contributed by atoms with E-state index < -0.39 is 0 Å². The van der Waals surface area contributed by atoms with Crippen LogP contribution in [0.1, 0.15) is 16.1 Å². The zero-order valence-electron chi connectivity index (χ0n) is 16.2. The first-order valence-corrected chi connectivity index (χ1v) is 9.27. The molecule has 0 saturated heterocycles. The highest BCUT2D eigenvalue weighted by molar-refractivity contribution is 5.77. The van der Waals surface area contributed by atoms with E-state index in [1.165, 1.54) is 0 Å². The Morgan fingerprint density at radius 2 is 1.70 bits per heavy atom. The third-order valence-corrected chi connectivity index (χ3v) is 4.32. The minimum atomic E-state index is 0.155. The number of anilines is 3. The molecule has 2 heterocycles. The summed E-state index contributed by atoms with van der Waals surface area (Å²) in [5.74, 6) is 2.17. The number of aldehydes is 1. The summed E-state index contributed by atoms with van der Waals surface area (Å²) in [5, 5.41) is 3.22. The normalized spacial score (nSPS) is 10.4. The van der Waals surface area contributed by atoms with Gasteiger partial charge in [-0.1, -0.05) is 24.3 Å². The number of benzene rings is 2. The number of nitrogens with two attached hydrogens (primary N) is 1. The predicted octanol–water partition coefficient (Wildman–Crippen LogP) is 4.78. The van der Waals surface area contributed by atoms with Gasteiger partial charge >= 0.3 is 0 Å². The van der Waals surface area contributed by atoms with Crippen molar-refractivity contribution in [2.75, 3.05) is 11.1 Å². The highest BCUT2D eigenvalue weighted by Crippen LogP contribution is 2.26. The van der Waals surface area contributed by atoms with Crippen molar-refractivity contribution in [3.63, 3.8) is 0 Å². The lowest BCUT2D eigenvalue weighted by Crippen LogP contribution is -2.01. The number of pyridine rings is 1. The van der Waals surface area contributed by atoms with E-state index in [4.69, 9.17) is 10.5 Å². The Kier molecular flexibility index (Phi) is 5.34. The van der Waals surface area contributed by atoms with Crippen molar-refractivity contribution >= 4 is 23.7 Å². The minimum Gasteiger partial charge on any atom is -0.457 e. The van der Waals surface area contributed by atoms with Crippen LogP contribution in [-0.2, 0) is 0 Å². The van der Waals surface area contributed by atoms with Gasteiger partial charge in [-0.25, -0.2) is 4.98 Å². The Balaban J connectivity index is 1.51. The van der Waals surface area contributed by atoms with E-state index in [2.05, 4.69) is 20.3 Å². The van der Waals surface area contributed by atoms with E-state index in [0.717, 1.165) is 29.0 Å². The van der Waals surface area contributed by atoms with Crippen LogP contribution in [0.25, 0.3) is 11.3 Å². The highest BCUT2D eigenvalue weighted by atomic mass is 16.5. The molecule has 7 nitrogen and oxygen atoms in total. The van der Waals surface area contributed by atoms with Gasteiger partial charge in [0, 0.05) is 40.8 Å². The molecule has 0 atom stereocenters. The summed E-state index contributed by atoms with van der Waals surface area (Å²) in [4.78, 5) is 23.5. The van der Waals surface area contributed by atoms with Crippen LogP contribution in [0.3, 0.4) is 0 Å². The maximum atomic E-state index is 10.8. The van der Waals surface area contributed by atoms with Gasteiger partial charge in [-0.2, -0.15) is 4.98 Å². The quantitative estimate of drug-likeness (QED) is 0.451. The molecule has 148 valence electrons. The third-order valence-electron chi connectivity index (χ3n) is 4.32. The lowest BCUT2D eigenvalue weighted by molar-refractivity contribution is 0.112. The lowest BCUT2D eigenvalue weighted by atomic mass is 10.1. The number of carbonyl (C=O) groups is 1. The zero-order chi connectivity index (χ0) is 20.9. The molecule has 0 radical (unpaired) electrons. The molecule has 30 heavy (non-hydrogen) atoms. The second-order valence-electron chi connectivity index (χ2n) is 6.62. The molecule has 0 fully saturated rings. The van der Waals surface area contributed by atoms with Crippen LogP contribution in [-0.4, -0.2) is 21.2 Å². The second kappa shape index (κ2) is 8.40. The van der Waals surface area contributed by atoms with Crippen molar-refractivity contribution in [2.24, 2.45) is 0 Å². The van der Waals surface area contributed by atoms with Crippen LogP contribution >= 0.6 is 0 Å². The number of hydrogen-bond donors (Lipinski definition) is 2. The molecule has 0 saturated carbocycles. The SMILES string of the molecule is Cc1cc(Oc2ccc(Nc3cc(-c4ccc(C=O)cc4)nc(N)n3)cc2)ccn1. The van der Waals surface area contributed by atoms with Gasteiger partial charge in [0.1, 0.15) is 23.6 Å². The molecule has 2 aromatic carbocycles. The van der Waals surface area contributed by atoms with Crippen molar-refractivity contribution in [2.45, 2.75) is 6.92 Å². The van der Waals surface area contributed by atoms with E-state index in [-0.39, 0.29) is 5.95 Å². The van der Waals surface area contributed by atoms with Crippen LogP contribution in [0.5, 0.6) is 11.5 Å². The summed E-state index contributed by atoms with van der Waals surface area (Å²) in [6.45, 7) is 1.91. The van der Waals surface area contributed by atoms with Crippen LogP contribution in [0, 0.1) is 6.92 Å². The Morgan fingerprint density at radius 3 is 2.40 bits per heavy atom. The van der Waals surface area contributed by atoms with E-state index >= 15 is 0 Å². The molecule has 4 aromatic rings. The smallest absolute Gasteiger partial charge is 0.222 e. The topological polar surface area (TPSA) is 103 Å². The summed E-state index contributed by atoms with van der Waals surface area (Å²) in [6, 6.07) is 20.1. The lowest BCUT2D eigenvalue weighted by Gasteiger charge is -2.10. The van der Waals surface area contributed by atoms with Crippen molar-refractivity contribution in [3.05, 3.63) is 84.2 Å². The fourth-order valence-electron chi connectivity index (χ4n) is 2.88. The molecule has 0 aliphatic heterocycles. The number of ether oxygens (including phenoxy) is 1. The number of carbonyl (C=O) groups excluding carboxylic acids is 1. The number of hydrogen-bond acceptors (Lipinski definition) is 7. The van der Waals surface area contributed by atoms with Crippen LogP contribution in [0.15, 0.2) is 72.9 Å². The van der Waals surface area contributed by atoms with E-state index in [1.54, 1.807) is 24.4 Å². The Hall–Kier alpha value is -4.26. The van der Waals surface area contributed by atoms with Gasteiger partial charge in [-0.15, -0.1) is 0 Å². The van der Waals surface area contributed by atoms with Crippen LogP contribution in [0.2, 0.25) is 0 Å². The third kappa shape index (κ3) is 4.59. The number of rotatable bonds is 6. The molecule has 0 unspecified atom stereocenters. The number of nitrogens with one attached hydrogen (secondary N) is 1. The van der Waals surface area contributed by atoms with Gasteiger partial charge in [-0.05, 0) is 37.3 Å². The summed E-state index contributed by atoms with van der Waals surface area (Å²) in [5.41, 5.74) is 9.71. The van der Waals surface area contributed by atoms with Crippen LogP contribution < -0.4 is 15.8 Å². The summed E-state index contributed by atoms with van der Waals surface area (Å²) >= 11 is 0. The van der Waals surface area contributed by atoms with E-state index in [9.17, 15) is 4.79 Å². The van der Waals surface area contributed by atoms with Crippen LogP contribution in [0.4, 0.5) is 17.5 Å². The van der Waals surface area contributed by atoms with Gasteiger partial charge < -0.3 is 15.8 Å². The molecule has 0 aliphatic carbocycles. The number of nitrogen functional groups attached to an aromatic ring is 1. The molecule has 0 spiro atoms. The van der Waals surface area contributed by atoms with Gasteiger partial charge in [0.25, 0.3) is 0 Å². The molecule has 2 aromatic heterocycles. The molecular weight excluding hydrogens is 378 g/mol. The standard InChI is InChI=1S/C23H19N5O2/c1-15-12-20(10-11-25-15)30-19-8-6-18(7-9-19)26-22-13-21(27-23(24)28-22)17-4-2-16(14-29)3-5-17/h2-14H,1H3,(H3,24,26,27,28). The molecule has 0 aliphatic rings. The fraction of sp³-hybridized carbons (Fsp3) is 0.0435. The van der Waals surface area contributed by atoms with Crippen molar-refractivity contribution in [3.8, 4) is 22.8 Å². The second-order valence-corrected chi connectivity index (χ2v) is 6.62. The molecular formula is C23H19N5O2. The summed E-state index contributed by atoms with van der Waals surface area (Å²) in [6.07, 6.45) is 2.51. The van der Waals surface area contributed by atoms with Gasteiger partial charge in [-0.3, -0.25) is 9.78 Å². The van der Waals surface area contributed by atoms with Gasteiger partial charge in [0.05, 0.1) is 5.69 Å². The first-order chi connectivity index (χ1) is 14.6. The Labute approximate surface area is 173 Å². The first-order valence-electron chi connectivity index (χ1n) is 9.27. The van der Waals surface area contributed by atoms with E-state index in [1.807, 2.05) is 55.5 Å². The van der Waals surface area contributed by atoms with E-state index in [0.29, 0.717) is 22.8 Å². The largest absolute Gasteiger partial charge is 0.457 e. The minimum absolute atomic E-state index is 0.155. The number of aromatic nitrogens is 3. The average molecular weight is 397 g/mol. The molecule has 0 amide bonds. The summed E-state index contributed by atoms with van der Waals surface area (Å²) in [7, 11) is 0. The zero-order valence-corrected chi connectivity index (χ0v) is 16.2. The molecule has 3 N–H and O–H groups in total. The maximum absolute atomic E-state index is 10.8. The highest BCUT2D eigenvalue weighted by Gasteiger charge is 2.06. The maximum Gasteiger partial charge on any atom is 0.222 e. The monoisotopic (exact) mass is 397 g/mol. The number of nitrogens with zero attached hydrogens (tertiary/aromatic N) is 3. The Morgan fingerprint density at radius 1 is 0.933 bits per heavy atom. The van der Waals surface area contributed by atoms with Gasteiger partial charge in [0.2, 0.25) is 5.95 Å². The van der Waals surface area contributed by atoms with Crippen molar-refractivity contribution in [1.29, 1.82) is 0 Å². The fourth-order valence-corrected chi connectivity index (χ4v) is 2.88. The van der Waals surface area contributed by atoms with Crippen molar-refractivity contribution in [1.82, 2.24) is 15.0 Å². The molecule has 7 heteroatoms. The molecule has 0 bridgehead atoms.